The Bertz CT molecular complexity index is 4830. The average molecular weight is 1720 g/mol. The van der Waals surface area contributed by atoms with Crippen molar-refractivity contribution in [1.29, 1.82) is 0 Å². The third-order valence-electron chi connectivity index (χ3n) is 21.5. The SMILES string of the molecule is C=CCCOc1cc(CNC2(C)CC(OC3C(Oc4c5cc6cc4Oc4ccc(cc4Cl)C(O)C4NC(=O)C(NC(=O)C6NC(=O)C(CC(N)=O)NC(=O)C(NC(=O)C(CC(C)C)NC)C(O)c6ccc(c(Cl)c6)O5)c5ccc(O)c(c5)-c5c(O)cc(O)cc5C(C(=O)O)NC4=O)OC(CO)C(O)C3O)OC(C)C2O)ccc1OCCCCCCC. The number of nitrogens with one attached hydrogen (secondary N) is 8. The van der Waals surface area contributed by atoms with Crippen molar-refractivity contribution in [2.75, 3.05) is 26.9 Å². The molecule has 20 N–H and O–H groups in total. The molecule has 0 saturated carbocycles. The topological polar surface area (TPSA) is 535 Å². The summed E-state index contributed by atoms with van der Waals surface area (Å²) in [4.78, 5) is 118. The molecule has 7 amide bonds. The van der Waals surface area contributed by atoms with E-state index in [-0.39, 0.29) is 52.8 Å². The van der Waals surface area contributed by atoms with E-state index in [1.807, 2.05) is 26.0 Å². The van der Waals surface area contributed by atoms with Gasteiger partial charge < -0.3 is 137 Å². The summed E-state index contributed by atoms with van der Waals surface area (Å²) in [5.41, 5.74) is 2.36. The Labute approximate surface area is 705 Å². The molecule has 11 bridgehead atoms. The van der Waals surface area contributed by atoms with E-state index in [0.29, 0.717) is 31.1 Å². The van der Waals surface area contributed by atoms with Crippen molar-refractivity contribution < 1.29 is 127 Å². The van der Waals surface area contributed by atoms with Gasteiger partial charge in [0.1, 0.15) is 89.5 Å². The molecule has 0 aromatic heterocycles. The number of aromatic hydroxyl groups is 3. The lowest BCUT2D eigenvalue weighted by Crippen LogP contribution is -2.65. The first-order chi connectivity index (χ1) is 57.6. The van der Waals surface area contributed by atoms with Gasteiger partial charge in [-0.05, 0) is 141 Å². The van der Waals surface area contributed by atoms with Crippen LogP contribution in [0.15, 0.2) is 110 Å². The van der Waals surface area contributed by atoms with E-state index in [4.69, 9.17) is 66.8 Å². The molecule has 121 heavy (non-hydrogen) atoms. The number of hydrogen-bond donors (Lipinski definition) is 19. The number of hydrogen-bond acceptors (Lipinski definition) is 27. The molecule has 652 valence electrons. The van der Waals surface area contributed by atoms with Gasteiger partial charge in [-0.3, -0.25) is 33.6 Å². The number of carbonyl (C=O) groups excluding carboxylic acids is 7. The Morgan fingerprint density at radius 3 is 1.98 bits per heavy atom. The van der Waals surface area contributed by atoms with Crippen LogP contribution in [0.1, 0.15) is 156 Å². The minimum atomic E-state index is -2.37. The number of aliphatic hydroxyl groups excluding tert-OH is 6. The highest BCUT2D eigenvalue weighted by Gasteiger charge is 2.52. The summed E-state index contributed by atoms with van der Waals surface area (Å²) in [6, 6.07) is 4.80. The largest absolute Gasteiger partial charge is 0.508 e. The number of benzene rings is 6. The van der Waals surface area contributed by atoms with E-state index in [9.17, 15) is 75.0 Å². The van der Waals surface area contributed by atoms with Gasteiger partial charge in [-0.15, -0.1) is 6.58 Å². The zero-order valence-electron chi connectivity index (χ0n) is 66.9. The Morgan fingerprint density at radius 1 is 0.702 bits per heavy atom. The van der Waals surface area contributed by atoms with Crippen molar-refractivity contribution in [3.63, 3.8) is 0 Å². The van der Waals surface area contributed by atoms with Gasteiger partial charge in [0.15, 0.2) is 41.4 Å². The molecule has 6 aromatic rings. The Kier molecular flexibility index (Phi) is 30.1. The molecule has 0 aliphatic carbocycles. The van der Waals surface area contributed by atoms with Gasteiger partial charge in [0, 0.05) is 41.3 Å². The summed E-state index contributed by atoms with van der Waals surface area (Å²) in [6.45, 7) is 12.8. The van der Waals surface area contributed by atoms with Gasteiger partial charge in [-0.1, -0.05) is 100.0 Å². The van der Waals surface area contributed by atoms with Crippen LogP contribution in [-0.4, -0.2) is 204 Å². The van der Waals surface area contributed by atoms with Crippen molar-refractivity contribution in [2.45, 2.75) is 208 Å². The fourth-order valence-electron chi connectivity index (χ4n) is 15.0. The van der Waals surface area contributed by atoms with Crippen LogP contribution >= 0.6 is 23.2 Å². The maximum Gasteiger partial charge on any atom is 0.330 e. The van der Waals surface area contributed by atoms with Gasteiger partial charge >= 0.3 is 5.97 Å². The summed E-state index contributed by atoms with van der Waals surface area (Å²) >= 11 is 14.3. The second kappa shape index (κ2) is 39.9. The number of phenolic OH excluding ortho intramolecular Hbond substituents is 3. The summed E-state index contributed by atoms with van der Waals surface area (Å²) in [7, 11) is 1.48. The van der Waals surface area contributed by atoms with Crippen LogP contribution < -0.4 is 72.0 Å². The number of aliphatic hydroxyl groups is 6. The quantitative estimate of drug-likeness (QED) is 0.0231. The molecule has 0 radical (unpaired) electrons. The van der Waals surface area contributed by atoms with E-state index in [0.717, 1.165) is 104 Å². The number of carbonyl (C=O) groups is 8. The highest BCUT2D eigenvalue weighted by molar-refractivity contribution is 6.32. The monoisotopic (exact) mass is 1720 g/mol. The summed E-state index contributed by atoms with van der Waals surface area (Å²) in [5, 5.41) is 137. The zero-order chi connectivity index (χ0) is 87.6. The molecule has 13 rings (SSSR count). The van der Waals surface area contributed by atoms with Gasteiger partial charge in [0.2, 0.25) is 53.4 Å². The van der Waals surface area contributed by atoms with E-state index in [1.165, 1.54) is 19.2 Å². The lowest BCUT2D eigenvalue weighted by atomic mass is 9.84. The first-order valence-corrected chi connectivity index (χ1v) is 40.3. The number of likely N-dealkylation sites (N-methyl/N-ethyl adjacent to an activating group) is 1. The molecule has 7 aliphatic heterocycles. The predicted octanol–water partition coefficient (Wildman–Crippen LogP) is 5.24. The number of primary amides is 1. The fourth-order valence-corrected chi connectivity index (χ4v) is 15.4. The Balaban J connectivity index is 1.08. The normalized spacial score (nSPS) is 26.4. The van der Waals surface area contributed by atoms with Crippen molar-refractivity contribution in [3.8, 4) is 68.6 Å². The molecule has 6 aromatic carbocycles. The lowest BCUT2D eigenvalue weighted by Gasteiger charge is -2.48. The number of ether oxygens (including phenoxy) is 8. The highest BCUT2D eigenvalue weighted by atomic mass is 35.5. The van der Waals surface area contributed by atoms with Gasteiger partial charge in [-0.2, -0.15) is 0 Å². The van der Waals surface area contributed by atoms with Crippen molar-refractivity contribution >= 4 is 70.5 Å². The third kappa shape index (κ3) is 21.3. The second-order valence-electron chi connectivity index (χ2n) is 30.9. The number of rotatable bonds is 27. The molecule has 2 fully saturated rings. The van der Waals surface area contributed by atoms with E-state index >= 15 is 14.4 Å². The lowest BCUT2D eigenvalue weighted by molar-refractivity contribution is -0.334. The molecule has 2 saturated heterocycles. The third-order valence-corrected chi connectivity index (χ3v) is 22.1. The van der Waals surface area contributed by atoms with Crippen LogP contribution in [-0.2, 0) is 59.1 Å². The molecule has 18 unspecified atom stereocenters. The number of nitrogens with two attached hydrogens (primary N) is 1. The summed E-state index contributed by atoms with van der Waals surface area (Å²) in [6.07, 6.45) is -11.5. The summed E-state index contributed by atoms with van der Waals surface area (Å²) in [5.74, 6) is -15.1. The number of amides is 7. The van der Waals surface area contributed by atoms with E-state index < -0.39 is 237 Å². The first kappa shape index (κ1) is 91.1. The molecule has 18 atom stereocenters. The standard InChI is InChI=1S/C84H101Cl2N9O26/c1-8-10-12-13-14-24-114-56-20-15-40(26-57(56)115-23-11-9-2)36-89-84(6)35-62(116-39(5)75(84)105)120-74-72(104)71(103)60(37-96)119-83(74)121-73-58-30-44-31-59(73)118-55-22-18-43(29-49(55)86)70(102)68-81(111)93-66(82(112)113)47-32-45(97)33-53(99)63(47)46-27-41(16-19-52(46)98)64(78(108)95-68)92-79(109)65(44)91-77(107)51(34-61(87)100)90-80(110)67(94-76(106)50(88-7)25-38(3)4)69(101)42-17-21-54(117-58)48(85)28-42/h9,15-22,26-33,38-39,50-51,60,62,64-72,74-75,83,88-89,96-99,101-105H,2,8,10-14,23-25,34-37H2,1,3-7H3,(H2,87,100)(H,90,110)(H,91,107)(H,92,109)(H,93,111)(H,94,106)(H,95,108)(H,112,113). The number of phenols is 3. The van der Waals surface area contributed by atoms with Gasteiger partial charge in [0.25, 0.3) is 0 Å². The number of fused-ring (bicyclic) bond motifs is 15. The van der Waals surface area contributed by atoms with Crippen LogP contribution in [0.5, 0.6) is 57.5 Å². The van der Waals surface area contributed by atoms with Crippen LogP contribution in [0.3, 0.4) is 0 Å². The number of carboxylic acids is 1. The van der Waals surface area contributed by atoms with E-state index in [1.54, 1.807) is 26.0 Å². The van der Waals surface area contributed by atoms with Crippen molar-refractivity contribution in [1.82, 2.24) is 42.5 Å². The predicted molar refractivity (Wildman–Crippen MR) is 433 cm³/mol. The number of halogens is 2. The first-order valence-electron chi connectivity index (χ1n) is 39.5. The van der Waals surface area contributed by atoms with Gasteiger partial charge in [0.05, 0.1) is 54.5 Å². The summed E-state index contributed by atoms with van der Waals surface area (Å²) < 4.78 is 52.0. The van der Waals surface area contributed by atoms with Gasteiger partial charge in [-0.25, -0.2) is 4.79 Å². The number of unbranched alkanes of at least 4 members (excludes halogenated alkanes) is 4. The van der Waals surface area contributed by atoms with Crippen LogP contribution in [0.2, 0.25) is 10.0 Å². The maximum atomic E-state index is 16.3. The number of aliphatic carboxylic acids is 1. The van der Waals surface area contributed by atoms with Crippen LogP contribution in [0, 0.1) is 5.92 Å². The molecule has 0 spiro atoms. The fraction of sp³-hybridized carbons (Fsp3) is 0.452. The van der Waals surface area contributed by atoms with Crippen LogP contribution in [0.4, 0.5) is 0 Å². The molecular formula is C84H101Cl2N9O26. The smallest absolute Gasteiger partial charge is 0.330 e. The second-order valence-corrected chi connectivity index (χ2v) is 31.8. The maximum absolute atomic E-state index is 16.3. The zero-order valence-corrected chi connectivity index (χ0v) is 68.5. The minimum absolute atomic E-state index is 0.110. The molecule has 7 heterocycles. The Hall–Kier alpha value is -10.6. The number of carboxylic acid groups (broad SMARTS) is 1. The van der Waals surface area contributed by atoms with Crippen molar-refractivity contribution in [2.24, 2.45) is 11.7 Å². The molecule has 37 heteroatoms. The van der Waals surface area contributed by atoms with Crippen LogP contribution in [0.25, 0.3) is 11.1 Å². The Morgan fingerprint density at radius 2 is 1.35 bits per heavy atom. The molecular weight excluding hydrogens is 1620 g/mol. The van der Waals surface area contributed by atoms with E-state index in [2.05, 4.69) is 56.0 Å². The minimum Gasteiger partial charge on any atom is -0.508 e. The van der Waals surface area contributed by atoms with Crippen molar-refractivity contribution in [3.05, 3.63) is 153 Å². The average Bonchev–Trinajstić information content (AvgIpc) is 0.767. The highest BCUT2D eigenvalue weighted by Crippen LogP contribution is 2.50. The molecule has 7 aliphatic rings. The molecule has 35 nitrogen and oxygen atoms in total.